The smallest absolute Gasteiger partial charge is 0.188 e. The van der Waals surface area contributed by atoms with Crippen LogP contribution in [0.3, 0.4) is 0 Å². The maximum Gasteiger partial charge on any atom is 0.188 e. The third-order valence-corrected chi connectivity index (χ3v) is 4.38. The van der Waals surface area contributed by atoms with E-state index in [1.807, 2.05) is 13.0 Å². The first kappa shape index (κ1) is 14.3. The SMILES string of the molecule is CC1OCCC1(O)CN=C(N)NCCc1cccs1. The molecule has 2 unspecified atom stereocenters. The van der Waals surface area contributed by atoms with Gasteiger partial charge in [-0.3, -0.25) is 4.99 Å². The molecule has 0 amide bonds. The molecule has 0 spiro atoms. The van der Waals surface area contributed by atoms with Crippen molar-refractivity contribution < 1.29 is 9.84 Å². The van der Waals surface area contributed by atoms with Crippen molar-refractivity contribution >= 4 is 17.3 Å². The monoisotopic (exact) mass is 283 g/mol. The highest BCUT2D eigenvalue weighted by atomic mass is 32.1. The zero-order valence-corrected chi connectivity index (χ0v) is 11.9. The van der Waals surface area contributed by atoms with Gasteiger partial charge in [-0.15, -0.1) is 11.3 Å². The van der Waals surface area contributed by atoms with Crippen LogP contribution in [0, 0.1) is 0 Å². The molecule has 1 aliphatic heterocycles. The summed E-state index contributed by atoms with van der Waals surface area (Å²) in [4.78, 5) is 5.52. The second-order valence-corrected chi connectivity index (χ2v) is 5.86. The number of hydrogen-bond acceptors (Lipinski definition) is 4. The van der Waals surface area contributed by atoms with Gasteiger partial charge in [0.25, 0.3) is 0 Å². The Morgan fingerprint density at radius 2 is 2.58 bits per heavy atom. The first-order valence-electron chi connectivity index (χ1n) is 6.50. The summed E-state index contributed by atoms with van der Waals surface area (Å²) in [6.07, 6.45) is 1.35. The predicted molar refractivity (Wildman–Crippen MR) is 77.5 cm³/mol. The van der Waals surface area contributed by atoms with Crippen molar-refractivity contribution in [3.05, 3.63) is 22.4 Å². The Balaban J connectivity index is 1.73. The summed E-state index contributed by atoms with van der Waals surface area (Å²) >= 11 is 1.73. The lowest BCUT2D eigenvalue weighted by molar-refractivity contribution is -0.0201. The van der Waals surface area contributed by atoms with Gasteiger partial charge in [0.05, 0.1) is 12.6 Å². The molecule has 1 aliphatic rings. The molecule has 0 aliphatic carbocycles. The summed E-state index contributed by atoms with van der Waals surface area (Å²) in [5, 5.41) is 15.4. The van der Waals surface area contributed by atoms with Crippen molar-refractivity contribution in [1.29, 1.82) is 0 Å². The first-order chi connectivity index (χ1) is 9.10. The second-order valence-electron chi connectivity index (χ2n) is 4.82. The van der Waals surface area contributed by atoms with E-state index in [1.54, 1.807) is 11.3 Å². The first-order valence-corrected chi connectivity index (χ1v) is 7.38. The fourth-order valence-electron chi connectivity index (χ4n) is 2.03. The number of hydrogen-bond donors (Lipinski definition) is 3. The van der Waals surface area contributed by atoms with Gasteiger partial charge in [-0.05, 0) is 24.8 Å². The molecule has 0 saturated carbocycles. The second kappa shape index (κ2) is 6.36. The van der Waals surface area contributed by atoms with Crippen LogP contribution >= 0.6 is 11.3 Å². The van der Waals surface area contributed by atoms with Crippen LogP contribution in [-0.4, -0.2) is 42.5 Å². The van der Waals surface area contributed by atoms with E-state index in [-0.39, 0.29) is 12.6 Å². The molecule has 2 rings (SSSR count). The Labute approximate surface area is 117 Å². The third-order valence-electron chi connectivity index (χ3n) is 3.44. The summed E-state index contributed by atoms with van der Waals surface area (Å²) in [5.41, 5.74) is 4.91. The quantitative estimate of drug-likeness (QED) is 0.550. The van der Waals surface area contributed by atoms with Crippen molar-refractivity contribution in [2.24, 2.45) is 10.7 Å². The van der Waals surface area contributed by atoms with E-state index in [4.69, 9.17) is 10.5 Å². The predicted octanol–water partition coefficient (Wildman–Crippen LogP) is 0.735. The number of nitrogens with zero attached hydrogens (tertiary/aromatic N) is 1. The van der Waals surface area contributed by atoms with E-state index >= 15 is 0 Å². The number of rotatable bonds is 5. The van der Waals surface area contributed by atoms with Crippen molar-refractivity contribution in [2.45, 2.75) is 31.5 Å². The van der Waals surface area contributed by atoms with E-state index in [2.05, 4.69) is 21.8 Å². The van der Waals surface area contributed by atoms with Crippen LogP contribution in [0.4, 0.5) is 0 Å². The van der Waals surface area contributed by atoms with Crippen molar-refractivity contribution in [1.82, 2.24) is 5.32 Å². The average molecular weight is 283 g/mol. The van der Waals surface area contributed by atoms with Gasteiger partial charge in [0.2, 0.25) is 0 Å². The molecule has 1 aromatic heterocycles. The zero-order chi connectivity index (χ0) is 13.7. The largest absolute Gasteiger partial charge is 0.385 e. The molecule has 0 radical (unpaired) electrons. The minimum Gasteiger partial charge on any atom is -0.385 e. The molecule has 5 nitrogen and oxygen atoms in total. The van der Waals surface area contributed by atoms with Crippen molar-refractivity contribution in [3.63, 3.8) is 0 Å². The van der Waals surface area contributed by atoms with Gasteiger partial charge < -0.3 is 20.9 Å². The van der Waals surface area contributed by atoms with Gasteiger partial charge in [0.1, 0.15) is 5.60 Å². The molecule has 19 heavy (non-hydrogen) atoms. The van der Waals surface area contributed by atoms with E-state index in [9.17, 15) is 5.11 Å². The summed E-state index contributed by atoms with van der Waals surface area (Å²) < 4.78 is 5.35. The number of guanidine groups is 1. The van der Waals surface area contributed by atoms with Crippen LogP contribution in [-0.2, 0) is 11.2 Å². The normalized spacial score (nSPS) is 27.7. The summed E-state index contributed by atoms with van der Waals surface area (Å²) in [6, 6.07) is 4.13. The van der Waals surface area contributed by atoms with Crippen LogP contribution in [0.5, 0.6) is 0 Å². The Hall–Kier alpha value is -1.11. The van der Waals surface area contributed by atoms with Gasteiger partial charge in [-0.1, -0.05) is 6.07 Å². The zero-order valence-electron chi connectivity index (χ0n) is 11.1. The minimum atomic E-state index is -0.875. The highest BCUT2D eigenvalue weighted by Crippen LogP contribution is 2.25. The number of ether oxygens (including phenoxy) is 1. The Kier molecular flexibility index (Phi) is 4.79. The Morgan fingerprint density at radius 1 is 1.74 bits per heavy atom. The fraction of sp³-hybridized carbons (Fsp3) is 0.615. The number of aliphatic imine (C=N–C) groups is 1. The number of nitrogens with two attached hydrogens (primary N) is 1. The summed E-state index contributed by atoms with van der Waals surface area (Å²) in [6.45, 7) is 3.48. The number of thiophene rings is 1. The number of nitrogens with one attached hydrogen (secondary N) is 1. The molecular formula is C13H21N3O2S. The van der Waals surface area contributed by atoms with Crippen LogP contribution in [0.1, 0.15) is 18.2 Å². The van der Waals surface area contributed by atoms with E-state index in [1.165, 1.54) is 4.88 Å². The molecule has 106 valence electrons. The highest BCUT2D eigenvalue weighted by molar-refractivity contribution is 7.09. The van der Waals surface area contributed by atoms with Crippen molar-refractivity contribution in [3.8, 4) is 0 Å². The standard InChI is InChI=1S/C13H21N3O2S/c1-10-13(17,5-7-18-10)9-16-12(14)15-6-4-11-3-2-8-19-11/h2-3,8,10,17H,4-7,9H2,1H3,(H3,14,15,16). The van der Waals surface area contributed by atoms with Gasteiger partial charge in [-0.25, -0.2) is 0 Å². The highest BCUT2D eigenvalue weighted by Gasteiger charge is 2.39. The molecule has 2 heterocycles. The molecule has 2 atom stereocenters. The van der Waals surface area contributed by atoms with Crippen LogP contribution in [0.2, 0.25) is 0 Å². The molecular weight excluding hydrogens is 262 g/mol. The molecule has 1 fully saturated rings. The lowest BCUT2D eigenvalue weighted by Gasteiger charge is -2.23. The molecule has 1 saturated heterocycles. The minimum absolute atomic E-state index is 0.185. The topological polar surface area (TPSA) is 79.9 Å². The Bertz CT molecular complexity index is 422. The molecule has 6 heteroatoms. The molecule has 4 N–H and O–H groups in total. The van der Waals surface area contributed by atoms with Gasteiger partial charge >= 0.3 is 0 Å². The Morgan fingerprint density at radius 3 is 3.21 bits per heavy atom. The molecule has 0 bridgehead atoms. The van der Waals surface area contributed by atoms with Gasteiger partial charge in [-0.2, -0.15) is 0 Å². The fourth-order valence-corrected chi connectivity index (χ4v) is 2.73. The van der Waals surface area contributed by atoms with E-state index < -0.39 is 5.60 Å². The maximum atomic E-state index is 10.3. The maximum absolute atomic E-state index is 10.3. The molecule has 0 aromatic carbocycles. The lowest BCUT2D eigenvalue weighted by Crippen LogP contribution is -2.41. The summed E-state index contributed by atoms with van der Waals surface area (Å²) in [7, 11) is 0. The summed E-state index contributed by atoms with van der Waals surface area (Å²) in [5.74, 6) is 0.379. The van der Waals surface area contributed by atoms with Crippen LogP contribution in [0.25, 0.3) is 0 Å². The van der Waals surface area contributed by atoms with E-state index in [0.29, 0.717) is 19.0 Å². The van der Waals surface area contributed by atoms with Crippen LogP contribution in [0.15, 0.2) is 22.5 Å². The average Bonchev–Trinajstić information content (AvgIpc) is 2.99. The van der Waals surface area contributed by atoms with Crippen molar-refractivity contribution in [2.75, 3.05) is 19.7 Å². The lowest BCUT2D eigenvalue weighted by atomic mass is 9.97. The van der Waals surface area contributed by atoms with E-state index in [0.717, 1.165) is 13.0 Å². The molecule has 1 aromatic rings. The number of aliphatic hydroxyl groups is 1. The third kappa shape index (κ3) is 3.92. The van der Waals surface area contributed by atoms with Gasteiger partial charge in [0, 0.05) is 24.4 Å². The van der Waals surface area contributed by atoms with Gasteiger partial charge in [0.15, 0.2) is 5.96 Å². The van der Waals surface area contributed by atoms with Crippen LogP contribution < -0.4 is 11.1 Å².